The maximum Gasteiger partial charge on any atom is 0.262 e. The normalized spacial score (nSPS) is 11.4. The van der Waals surface area contributed by atoms with Crippen LogP contribution >= 0.6 is 23.2 Å². The summed E-state index contributed by atoms with van der Waals surface area (Å²) in [5.74, 6) is 0.756. The van der Waals surface area contributed by atoms with Crippen LogP contribution in [0.2, 0.25) is 10.0 Å². The quantitative estimate of drug-likeness (QED) is 0.543. The Balaban J connectivity index is 1.94. The lowest BCUT2D eigenvalue weighted by molar-refractivity contribution is 0.354. The van der Waals surface area contributed by atoms with Crippen LogP contribution in [0.1, 0.15) is 17.0 Å². The van der Waals surface area contributed by atoms with Crippen LogP contribution in [0.25, 0.3) is 0 Å². The first-order valence-electron chi connectivity index (χ1n) is 8.89. The van der Waals surface area contributed by atoms with Gasteiger partial charge in [-0.15, -0.1) is 0 Å². The number of nitrogens with zero attached hydrogens (tertiary/aromatic N) is 2. The van der Waals surface area contributed by atoms with E-state index in [4.69, 9.17) is 32.7 Å². The van der Waals surface area contributed by atoms with E-state index in [1.807, 2.05) is 0 Å². The minimum atomic E-state index is -3.88. The number of hydrogen-bond donors (Lipinski definition) is 1. The van der Waals surface area contributed by atoms with E-state index in [0.29, 0.717) is 50.7 Å². The summed E-state index contributed by atoms with van der Waals surface area (Å²) in [5.41, 5.74) is 2.26. The highest BCUT2D eigenvalue weighted by Crippen LogP contribution is 2.32. The molecule has 0 radical (unpaired) electrons. The molecule has 160 valence electrons. The van der Waals surface area contributed by atoms with Crippen molar-refractivity contribution in [3.8, 4) is 11.5 Å². The average Bonchev–Trinajstić information content (AvgIpc) is 2.97. The van der Waals surface area contributed by atoms with Gasteiger partial charge in [-0.25, -0.2) is 8.42 Å². The molecule has 3 aromatic rings. The van der Waals surface area contributed by atoms with Crippen molar-refractivity contribution < 1.29 is 17.9 Å². The maximum absolute atomic E-state index is 13.0. The third kappa shape index (κ3) is 4.35. The lowest BCUT2D eigenvalue weighted by atomic mass is 10.2. The van der Waals surface area contributed by atoms with E-state index in [9.17, 15) is 8.42 Å². The number of ether oxygens (including phenoxy) is 2. The largest absolute Gasteiger partial charge is 0.493 e. The van der Waals surface area contributed by atoms with Crippen molar-refractivity contribution in [1.82, 2.24) is 9.78 Å². The lowest BCUT2D eigenvalue weighted by Gasteiger charge is -2.12. The van der Waals surface area contributed by atoms with E-state index in [-0.39, 0.29) is 4.90 Å². The summed E-state index contributed by atoms with van der Waals surface area (Å²) in [4.78, 5) is 0.0425. The van der Waals surface area contributed by atoms with Gasteiger partial charge in [0.1, 0.15) is 0 Å². The summed E-state index contributed by atoms with van der Waals surface area (Å²) in [6.45, 7) is 3.81. The summed E-state index contributed by atoms with van der Waals surface area (Å²) in [7, 11) is -0.956. The molecule has 1 heterocycles. The Hall–Kier alpha value is -2.42. The summed E-state index contributed by atoms with van der Waals surface area (Å²) in [6.07, 6.45) is 0. The van der Waals surface area contributed by atoms with Gasteiger partial charge in [-0.2, -0.15) is 5.10 Å². The van der Waals surface area contributed by atoms with E-state index in [1.54, 1.807) is 36.7 Å². The van der Waals surface area contributed by atoms with Gasteiger partial charge in [0.2, 0.25) is 0 Å². The zero-order valence-electron chi connectivity index (χ0n) is 16.9. The molecule has 0 saturated carbocycles. The molecule has 0 fully saturated rings. The number of aromatic nitrogens is 2. The number of methoxy groups -OCH3 is 2. The molecule has 0 aliphatic carbocycles. The SMILES string of the molecule is COc1ccc(S(=O)(=O)Nc2c(C)nn(Cc3c(Cl)cccc3Cl)c2C)cc1OC. The van der Waals surface area contributed by atoms with Gasteiger partial charge in [0.15, 0.2) is 11.5 Å². The van der Waals surface area contributed by atoms with E-state index >= 15 is 0 Å². The molecule has 2 aromatic carbocycles. The maximum atomic E-state index is 13.0. The first kappa shape index (κ1) is 22.3. The van der Waals surface area contributed by atoms with Crippen LogP contribution in [0.15, 0.2) is 41.3 Å². The van der Waals surface area contributed by atoms with Gasteiger partial charge in [0.05, 0.1) is 42.7 Å². The fraction of sp³-hybridized carbons (Fsp3) is 0.250. The van der Waals surface area contributed by atoms with Crippen LogP contribution in [0.5, 0.6) is 11.5 Å². The molecule has 0 aliphatic heterocycles. The number of nitrogens with one attached hydrogen (secondary N) is 1. The zero-order valence-corrected chi connectivity index (χ0v) is 19.2. The number of aryl methyl sites for hydroxylation is 1. The second-order valence-electron chi connectivity index (χ2n) is 6.53. The molecule has 7 nitrogen and oxygen atoms in total. The summed E-state index contributed by atoms with van der Waals surface area (Å²) in [6, 6.07) is 9.64. The molecule has 0 unspecified atom stereocenters. The molecule has 3 rings (SSSR count). The Kier molecular flexibility index (Phi) is 6.50. The molecular formula is C20H21Cl2N3O4S. The molecule has 30 heavy (non-hydrogen) atoms. The Morgan fingerprint density at radius 1 is 1.03 bits per heavy atom. The Bertz CT molecular complexity index is 1170. The molecule has 1 N–H and O–H groups in total. The lowest BCUT2D eigenvalue weighted by Crippen LogP contribution is -2.14. The molecule has 0 aliphatic rings. The van der Waals surface area contributed by atoms with Crippen LogP contribution in [0, 0.1) is 13.8 Å². The molecule has 0 spiro atoms. The molecule has 10 heteroatoms. The first-order chi connectivity index (χ1) is 14.2. The van der Waals surface area contributed by atoms with Crippen molar-refractivity contribution in [2.75, 3.05) is 18.9 Å². The van der Waals surface area contributed by atoms with Crippen molar-refractivity contribution in [3.63, 3.8) is 0 Å². The number of anilines is 1. The van der Waals surface area contributed by atoms with Crippen LogP contribution < -0.4 is 14.2 Å². The smallest absolute Gasteiger partial charge is 0.262 e. The number of hydrogen-bond acceptors (Lipinski definition) is 5. The van der Waals surface area contributed by atoms with Gasteiger partial charge in [0.25, 0.3) is 10.0 Å². The fourth-order valence-corrected chi connectivity index (χ4v) is 4.72. The van der Waals surface area contributed by atoms with Gasteiger partial charge < -0.3 is 9.47 Å². The topological polar surface area (TPSA) is 82.5 Å². The van der Waals surface area contributed by atoms with Gasteiger partial charge >= 0.3 is 0 Å². The Morgan fingerprint density at radius 2 is 1.67 bits per heavy atom. The number of sulfonamides is 1. The minimum absolute atomic E-state index is 0.0425. The van der Waals surface area contributed by atoms with Crippen molar-refractivity contribution in [3.05, 3.63) is 63.4 Å². The van der Waals surface area contributed by atoms with E-state index in [0.717, 1.165) is 0 Å². The fourth-order valence-electron chi connectivity index (χ4n) is 3.01. The molecule has 0 atom stereocenters. The summed E-state index contributed by atoms with van der Waals surface area (Å²) in [5, 5.41) is 5.49. The van der Waals surface area contributed by atoms with Crippen LogP contribution in [0.3, 0.4) is 0 Å². The molecular weight excluding hydrogens is 449 g/mol. The first-order valence-corrected chi connectivity index (χ1v) is 11.1. The molecule has 0 amide bonds. The predicted octanol–water partition coefficient (Wildman–Crippen LogP) is 4.67. The predicted molar refractivity (Wildman–Crippen MR) is 118 cm³/mol. The van der Waals surface area contributed by atoms with Crippen molar-refractivity contribution in [2.24, 2.45) is 0 Å². The van der Waals surface area contributed by atoms with Crippen molar-refractivity contribution >= 4 is 38.9 Å². The third-order valence-corrected chi connectivity index (χ3v) is 6.71. The van der Waals surface area contributed by atoms with E-state index in [1.165, 1.54) is 32.4 Å². The Labute approximate surface area is 185 Å². The molecule has 0 bridgehead atoms. The van der Waals surface area contributed by atoms with Gasteiger partial charge in [0, 0.05) is 21.7 Å². The third-order valence-electron chi connectivity index (χ3n) is 4.65. The minimum Gasteiger partial charge on any atom is -0.493 e. The molecule has 0 saturated heterocycles. The monoisotopic (exact) mass is 469 g/mol. The van der Waals surface area contributed by atoms with Crippen molar-refractivity contribution in [2.45, 2.75) is 25.3 Å². The van der Waals surface area contributed by atoms with E-state index < -0.39 is 10.0 Å². The standard InChI is InChI=1S/C20H21Cl2N3O4S/c1-12-20(13(2)25(23-12)11-15-16(21)6-5-7-17(15)22)24-30(26,27)14-8-9-18(28-3)19(10-14)29-4/h5-10,24H,11H2,1-4H3. The highest BCUT2D eigenvalue weighted by molar-refractivity contribution is 7.92. The zero-order chi connectivity index (χ0) is 22.1. The molecule has 1 aromatic heterocycles. The highest BCUT2D eigenvalue weighted by atomic mass is 35.5. The second-order valence-corrected chi connectivity index (χ2v) is 9.02. The Morgan fingerprint density at radius 3 is 2.27 bits per heavy atom. The summed E-state index contributed by atoms with van der Waals surface area (Å²) < 4.78 is 40.6. The highest BCUT2D eigenvalue weighted by Gasteiger charge is 2.22. The van der Waals surface area contributed by atoms with Gasteiger partial charge in [-0.3, -0.25) is 9.40 Å². The van der Waals surface area contributed by atoms with Crippen molar-refractivity contribution in [1.29, 1.82) is 0 Å². The number of halogens is 2. The van der Waals surface area contributed by atoms with E-state index in [2.05, 4.69) is 9.82 Å². The van der Waals surface area contributed by atoms with Gasteiger partial charge in [-0.05, 0) is 38.1 Å². The van der Waals surface area contributed by atoms with Crippen LogP contribution in [0.4, 0.5) is 5.69 Å². The van der Waals surface area contributed by atoms with Crippen LogP contribution in [-0.4, -0.2) is 32.4 Å². The number of benzene rings is 2. The number of rotatable bonds is 7. The second kappa shape index (κ2) is 8.75. The summed E-state index contributed by atoms with van der Waals surface area (Å²) >= 11 is 12.5. The van der Waals surface area contributed by atoms with Gasteiger partial charge in [-0.1, -0.05) is 29.3 Å². The van der Waals surface area contributed by atoms with Crippen LogP contribution in [-0.2, 0) is 16.6 Å². The average molecular weight is 470 g/mol.